The normalized spacial score (nSPS) is 21.5. The van der Waals surface area contributed by atoms with Crippen LogP contribution in [0.1, 0.15) is 20.3 Å². The fraction of sp³-hybridized carbons (Fsp3) is 0.556. The zero-order valence-electron chi connectivity index (χ0n) is 14.7. The van der Waals surface area contributed by atoms with Gasteiger partial charge in [-0.25, -0.2) is 4.98 Å². The number of nitrogens with zero attached hydrogens (tertiary/aromatic N) is 2. The molecule has 3 rings (SSSR count). The van der Waals surface area contributed by atoms with Crippen molar-refractivity contribution in [2.75, 3.05) is 31.9 Å². The summed E-state index contributed by atoms with van der Waals surface area (Å²) in [6.45, 7) is 7.81. The Morgan fingerprint density at radius 2 is 2.08 bits per heavy atom. The van der Waals surface area contributed by atoms with Gasteiger partial charge in [0.05, 0.1) is 18.0 Å². The van der Waals surface area contributed by atoms with Crippen LogP contribution in [0.4, 0.5) is 0 Å². The largest absolute Gasteiger partial charge is 0.431 e. The monoisotopic (exact) mass is 363 g/mol. The van der Waals surface area contributed by atoms with Crippen molar-refractivity contribution < 1.29 is 13.9 Å². The number of hydrogen-bond donors (Lipinski definition) is 1. The molecule has 1 aromatic carbocycles. The summed E-state index contributed by atoms with van der Waals surface area (Å²) < 4.78 is 11.3. The first kappa shape index (κ1) is 18.2. The molecule has 0 bridgehead atoms. The molecule has 1 aromatic heterocycles. The standard InChI is InChI=1S/C18H25N3O3S/c1-13-10-21(11-14(2)23-13)9-5-8-19-17(22)12-25-18-20-15-6-3-4-7-16(15)24-18/h3-4,6-7,13-14H,5,8-12H2,1-2H3,(H,19,22). The Morgan fingerprint density at radius 1 is 1.32 bits per heavy atom. The molecule has 25 heavy (non-hydrogen) atoms. The number of fused-ring (bicyclic) bond motifs is 1. The predicted octanol–water partition coefficient (Wildman–Crippen LogP) is 2.54. The molecule has 136 valence electrons. The van der Waals surface area contributed by atoms with E-state index in [1.807, 2.05) is 24.3 Å². The van der Waals surface area contributed by atoms with Crippen molar-refractivity contribution in [3.63, 3.8) is 0 Å². The number of carbonyl (C=O) groups excluding carboxylic acids is 1. The third-order valence-electron chi connectivity index (χ3n) is 4.07. The molecule has 1 amide bonds. The van der Waals surface area contributed by atoms with Crippen LogP contribution in [0.2, 0.25) is 0 Å². The van der Waals surface area contributed by atoms with Crippen molar-refractivity contribution in [2.45, 2.75) is 37.7 Å². The average molecular weight is 363 g/mol. The lowest BCUT2D eigenvalue weighted by atomic mass is 10.2. The Kier molecular flexibility index (Phi) is 6.34. The first-order valence-corrected chi connectivity index (χ1v) is 9.71. The van der Waals surface area contributed by atoms with Gasteiger partial charge < -0.3 is 14.5 Å². The Labute approximate surface area is 152 Å². The molecular formula is C18H25N3O3S. The quantitative estimate of drug-likeness (QED) is 0.602. The molecule has 7 heteroatoms. The molecule has 1 N–H and O–H groups in total. The van der Waals surface area contributed by atoms with Crippen molar-refractivity contribution in [2.24, 2.45) is 0 Å². The van der Waals surface area contributed by atoms with Crippen LogP contribution in [-0.4, -0.2) is 59.9 Å². The summed E-state index contributed by atoms with van der Waals surface area (Å²) >= 11 is 1.32. The van der Waals surface area contributed by atoms with E-state index in [2.05, 4.69) is 29.0 Å². The van der Waals surface area contributed by atoms with E-state index in [1.165, 1.54) is 11.8 Å². The number of amides is 1. The van der Waals surface area contributed by atoms with Gasteiger partial charge in [-0.2, -0.15) is 0 Å². The highest BCUT2D eigenvalue weighted by molar-refractivity contribution is 7.99. The van der Waals surface area contributed by atoms with Crippen LogP contribution in [0.5, 0.6) is 0 Å². The Hall–Kier alpha value is -1.57. The van der Waals surface area contributed by atoms with Crippen molar-refractivity contribution in [1.82, 2.24) is 15.2 Å². The lowest BCUT2D eigenvalue weighted by Crippen LogP contribution is -2.46. The van der Waals surface area contributed by atoms with Crippen LogP contribution in [0.15, 0.2) is 33.9 Å². The molecule has 1 saturated heterocycles. The zero-order valence-corrected chi connectivity index (χ0v) is 15.6. The molecule has 0 spiro atoms. The van der Waals surface area contributed by atoms with Gasteiger partial charge in [-0.3, -0.25) is 9.69 Å². The number of carbonyl (C=O) groups is 1. The smallest absolute Gasteiger partial charge is 0.257 e. The van der Waals surface area contributed by atoms with Crippen LogP contribution in [-0.2, 0) is 9.53 Å². The topological polar surface area (TPSA) is 67.6 Å². The third kappa shape index (κ3) is 5.45. The first-order chi connectivity index (χ1) is 12.1. The number of rotatable bonds is 7. The third-order valence-corrected chi connectivity index (χ3v) is 4.90. The number of oxazole rings is 1. The van der Waals surface area contributed by atoms with Gasteiger partial charge in [0.1, 0.15) is 5.52 Å². The highest BCUT2D eigenvalue weighted by Gasteiger charge is 2.21. The summed E-state index contributed by atoms with van der Waals surface area (Å²) in [5.41, 5.74) is 1.57. The fourth-order valence-corrected chi connectivity index (χ4v) is 3.76. The Balaban J connectivity index is 1.33. The second-order valence-electron chi connectivity index (χ2n) is 6.46. The second kappa shape index (κ2) is 8.69. The van der Waals surface area contributed by atoms with E-state index in [9.17, 15) is 4.79 Å². The van der Waals surface area contributed by atoms with Crippen molar-refractivity contribution in [3.05, 3.63) is 24.3 Å². The van der Waals surface area contributed by atoms with Gasteiger partial charge in [0.2, 0.25) is 5.91 Å². The van der Waals surface area contributed by atoms with E-state index in [0.29, 0.717) is 17.5 Å². The molecule has 2 unspecified atom stereocenters. The number of nitrogens with one attached hydrogen (secondary N) is 1. The van der Waals surface area contributed by atoms with Gasteiger partial charge >= 0.3 is 0 Å². The molecule has 1 aliphatic heterocycles. The second-order valence-corrected chi connectivity index (χ2v) is 7.38. The highest BCUT2D eigenvalue weighted by Crippen LogP contribution is 2.22. The van der Waals surface area contributed by atoms with E-state index in [0.717, 1.165) is 37.2 Å². The number of benzene rings is 1. The van der Waals surface area contributed by atoms with Gasteiger partial charge in [-0.05, 0) is 32.4 Å². The van der Waals surface area contributed by atoms with Crippen LogP contribution in [0.3, 0.4) is 0 Å². The molecule has 2 atom stereocenters. The Morgan fingerprint density at radius 3 is 2.84 bits per heavy atom. The first-order valence-electron chi connectivity index (χ1n) is 8.73. The number of hydrogen-bond acceptors (Lipinski definition) is 6. The molecule has 2 heterocycles. The lowest BCUT2D eigenvalue weighted by molar-refractivity contribution is -0.118. The maximum Gasteiger partial charge on any atom is 0.257 e. The summed E-state index contributed by atoms with van der Waals surface area (Å²) in [6, 6.07) is 7.60. The van der Waals surface area contributed by atoms with Crippen LogP contribution >= 0.6 is 11.8 Å². The van der Waals surface area contributed by atoms with Gasteiger partial charge in [0, 0.05) is 26.2 Å². The molecule has 0 saturated carbocycles. The SMILES string of the molecule is CC1CN(CCCNC(=O)CSc2nc3ccccc3o2)CC(C)O1. The van der Waals surface area contributed by atoms with Crippen LogP contribution in [0, 0.1) is 0 Å². The van der Waals surface area contributed by atoms with E-state index < -0.39 is 0 Å². The average Bonchev–Trinajstić information content (AvgIpc) is 2.99. The van der Waals surface area contributed by atoms with Crippen LogP contribution in [0.25, 0.3) is 11.1 Å². The summed E-state index contributed by atoms with van der Waals surface area (Å²) in [5, 5.41) is 3.50. The molecule has 1 fully saturated rings. The molecule has 0 aliphatic carbocycles. The maximum atomic E-state index is 12.0. The zero-order chi connectivity index (χ0) is 17.6. The molecule has 1 aliphatic rings. The molecule has 2 aromatic rings. The number of para-hydroxylation sites is 2. The lowest BCUT2D eigenvalue weighted by Gasteiger charge is -2.35. The number of morpholine rings is 1. The minimum absolute atomic E-state index is 0.0102. The number of aromatic nitrogens is 1. The van der Waals surface area contributed by atoms with Gasteiger partial charge in [-0.1, -0.05) is 23.9 Å². The Bertz CT molecular complexity index is 663. The van der Waals surface area contributed by atoms with E-state index >= 15 is 0 Å². The van der Waals surface area contributed by atoms with Crippen molar-refractivity contribution in [3.8, 4) is 0 Å². The number of ether oxygens (including phenoxy) is 1. The predicted molar refractivity (Wildman–Crippen MR) is 98.8 cm³/mol. The van der Waals surface area contributed by atoms with Crippen molar-refractivity contribution in [1.29, 1.82) is 0 Å². The molecular weight excluding hydrogens is 338 g/mol. The molecule has 0 radical (unpaired) electrons. The van der Waals surface area contributed by atoms with E-state index in [1.54, 1.807) is 0 Å². The van der Waals surface area contributed by atoms with Gasteiger partial charge in [0.15, 0.2) is 5.58 Å². The summed E-state index contributed by atoms with van der Waals surface area (Å²) in [4.78, 5) is 18.7. The fourth-order valence-electron chi connectivity index (χ4n) is 3.09. The van der Waals surface area contributed by atoms with Gasteiger partial charge in [0.25, 0.3) is 5.22 Å². The number of thioether (sulfide) groups is 1. The van der Waals surface area contributed by atoms with Crippen molar-refractivity contribution >= 4 is 28.8 Å². The highest BCUT2D eigenvalue weighted by atomic mass is 32.2. The van der Waals surface area contributed by atoms with E-state index in [-0.39, 0.29) is 18.1 Å². The minimum atomic E-state index is 0.0102. The molecule has 6 nitrogen and oxygen atoms in total. The minimum Gasteiger partial charge on any atom is -0.431 e. The summed E-state index contributed by atoms with van der Waals surface area (Å²) in [5.74, 6) is 0.328. The summed E-state index contributed by atoms with van der Waals surface area (Å²) in [6.07, 6.45) is 1.51. The van der Waals surface area contributed by atoms with E-state index in [4.69, 9.17) is 9.15 Å². The maximum absolute atomic E-state index is 12.0. The van der Waals surface area contributed by atoms with Crippen LogP contribution < -0.4 is 5.32 Å². The summed E-state index contributed by atoms with van der Waals surface area (Å²) in [7, 11) is 0. The van der Waals surface area contributed by atoms with Gasteiger partial charge in [-0.15, -0.1) is 0 Å².